The smallest absolute Gasteiger partial charge is 0.365 e. The first-order chi connectivity index (χ1) is 17.8. The summed E-state index contributed by atoms with van der Waals surface area (Å²) in [6.45, 7) is 0.116. The molecule has 0 aliphatic heterocycles. The van der Waals surface area contributed by atoms with E-state index in [1.807, 2.05) is 66.7 Å². The van der Waals surface area contributed by atoms with E-state index in [-0.39, 0.29) is 12.5 Å². The van der Waals surface area contributed by atoms with E-state index in [1.165, 1.54) is 12.5 Å². The van der Waals surface area contributed by atoms with Crippen molar-refractivity contribution in [2.45, 2.75) is 18.6 Å². The number of hydrogen-bond acceptors (Lipinski definition) is 4. The number of alkyl halides is 3. The molecular weight excluding hydrogens is 520 g/mol. The van der Waals surface area contributed by atoms with E-state index in [4.69, 9.17) is 23.2 Å². The van der Waals surface area contributed by atoms with Crippen molar-refractivity contribution in [2.75, 3.05) is 5.32 Å². The second kappa shape index (κ2) is 10.4. The fraction of sp³-hybridized carbons (Fsp3) is 0.107. The summed E-state index contributed by atoms with van der Waals surface area (Å²) in [4.78, 5) is 12.5. The molecular formula is C28H19Cl2F3N4. The monoisotopic (exact) mass is 538 g/mol. The van der Waals surface area contributed by atoms with Gasteiger partial charge in [0.05, 0.1) is 11.1 Å². The molecule has 0 unspecified atom stereocenters. The van der Waals surface area contributed by atoms with Gasteiger partial charge in [0.15, 0.2) is 0 Å². The summed E-state index contributed by atoms with van der Waals surface area (Å²) in [6, 6.07) is 22.3. The second-order valence-electron chi connectivity index (χ2n) is 8.47. The van der Waals surface area contributed by atoms with Crippen molar-refractivity contribution >= 4 is 39.9 Å². The van der Waals surface area contributed by atoms with Crippen LogP contribution in [0.2, 0.25) is 10.0 Å². The number of aromatic nitrogens is 3. The highest BCUT2D eigenvalue weighted by molar-refractivity contribution is 6.30. The third kappa shape index (κ3) is 5.68. The fourth-order valence-electron chi connectivity index (χ4n) is 4.21. The van der Waals surface area contributed by atoms with Crippen molar-refractivity contribution in [3.63, 3.8) is 0 Å². The summed E-state index contributed by atoms with van der Waals surface area (Å²) >= 11 is 12.3. The molecule has 1 N–H and O–H groups in total. The predicted octanol–water partition coefficient (Wildman–Crippen LogP) is 8.14. The van der Waals surface area contributed by atoms with Gasteiger partial charge in [0.25, 0.3) is 0 Å². The molecule has 5 rings (SSSR count). The van der Waals surface area contributed by atoms with Crippen LogP contribution in [-0.4, -0.2) is 15.0 Å². The summed E-state index contributed by atoms with van der Waals surface area (Å²) in [5.41, 5.74) is 3.35. The molecule has 3 aromatic carbocycles. The molecule has 0 saturated heterocycles. The number of anilines is 1. The van der Waals surface area contributed by atoms with Gasteiger partial charge in [0.1, 0.15) is 12.1 Å². The van der Waals surface area contributed by atoms with E-state index in [0.717, 1.165) is 34.3 Å². The van der Waals surface area contributed by atoms with Crippen LogP contribution < -0.4 is 5.32 Å². The van der Waals surface area contributed by atoms with E-state index in [1.54, 1.807) is 0 Å². The molecule has 186 valence electrons. The average Bonchev–Trinajstić information content (AvgIpc) is 2.89. The Morgan fingerprint density at radius 3 is 2.00 bits per heavy atom. The van der Waals surface area contributed by atoms with Gasteiger partial charge in [0.2, 0.25) is 0 Å². The topological polar surface area (TPSA) is 50.7 Å². The van der Waals surface area contributed by atoms with Gasteiger partial charge in [-0.1, -0.05) is 53.5 Å². The molecule has 0 aliphatic carbocycles. The number of nitrogens with one attached hydrogen (secondary N) is 1. The van der Waals surface area contributed by atoms with Crippen LogP contribution in [0.1, 0.15) is 33.7 Å². The number of hydrogen-bond donors (Lipinski definition) is 1. The van der Waals surface area contributed by atoms with Gasteiger partial charge in [-0.05, 0) is 64.7 Å². The number of pyridine rings is 1. The van der Waals surface area contributed by atoms with Crippen LogP contribution in [0.5, 0.6) is 0 Å². The van der Waals surface area contributed by atoms with Crippen LogP contribution in [0.4, 0.5) is 19.0 Å². The molecule has 0 spiro atoms. The Labute approximate surface area is 221 Å². The minimum Gasteiger partial charge on any atom is -0.365 e. The molecule has 0 amide bonds. The number of benzene rings is 3. The molecule has 4 nitrogen and oxygen atoms in total. The summed E-state index contributed by atoms with van der Waals surface area (Å²) in [7, 11) is 0. The van der Waals surface area contributed by atoms with Crippen LogP contribution >= 0.6 is 23.2 Å². The Bertz CT molecular complexity index is 1490. The lowest BCUT2D eigenvalue weighted by atomic mass is 9.85. The highest BCUT2D eigenvalue weighted by Crippen LogP contribution is 2.35. The largest absolute Gasteiger partial charge is 0.417 e. The summed E-state index contributed by atoms with van der Waals surface area (Å²) in [6.07, 6.45) is -0.833. The number of rotatable bonds is 6. The van der Waals surface area contributed by atoms with Gasteiger partial charge < -0.3 is 5.32 Å². The van der Waals surface area contributed by atoms with E-state index >= 15 is 0 Å². The van der Waals surface area contributed by atoms with E-state index in [9.17, 15) is 13.2 Å². The second-order valence-corrected chi connectivity index (χ2v) is 9.34. The van der Waals surface area contributed by atoms with Crippen molar-refractivity contribution in [1.29, 1.82) is 0 Å². The quantitative estimate of drug-likeness (QED) is 0.221. The van der Waals surface area contributed by atoms with E-state index in [2.05, 4.69) is 20.3 Å². The zero-order chi connectivity index (χ0) is 26.0. The molecule has 0 radical (unpaired) electrons. The number of fused-ring (bicyclic) bond motifs is 1. The van der Waals surface area contributed by atoms with Crippen molar-refractivity contribution in [2.24, 2.45) is 0 Å². The molecule has 0 saturated carbocycles. The first-order valence-electron chi connectivity index (χ1n) is 11.3. The van der Waals surface area contributed by atoms with Gasteiger partial charge in [0, 0.05) is 40.3 Å². The molecule has 0 atom stereocenters. The Morgan fingerprint density at radius 1 is 0.757 bits per heavy atom. The lowest BCUT2D eigenvalue weighted by Gasteiger charge is -2.20. The molecule has 0 aliphatic rings. The fourth-order valence-corrected chi connectivity index (χ4v) is 4.46. The van der Waals surface area contributed by atoms with E-state index in [0.29, 0.717) is 26.9 Å². The van der Waals surface area contributed by atoms with Crippen LogP contribution in [0, 0.1) is 0 Å². The van der Waals surface area contributed by atoms with Crippen molar-refractivity contribution < 1.29 is 13.2 Å². The van der Waals surface area contributed by atoms with Crippen LogP contribution in [-0.2, 0) is 12.7 Å². The number of halogens is 5. The van der Waals surface area contributed by atoms with Crippen LogP contribution in [0.15, 0.2) is 91.5 Å². The number of nitrogens with zero attached hydrogens (tertiary/aromatic N) is 3. The Kier molecular flexibility index (Phi) is 7.00. The first-order valence-corrected chi connectivity index (χ1v) is 12.0. The third-order valence-corrected chi connectivity index (χ3v) is 6.49. The highest BCUT2D eigenvalue weighted by atomic mass is 35.5. The van der Waals surface area contributed by atoms with Crippen LogP contribution in [0.3, 0.4) is 0 Å². The zero-order valence-corrected chi connectivity index (χ0v) is 20.7. The normalized spacial score (nSPS) is 11.7. The highest BCUT2D eigenvalue weighted by Gasteiger charge is 2.31. The lowest BCUT2D eigenvalue weighted by Crippen LogP contribution is -2.09. The SMILES string of the molecule is FC(F)(F)c1cncc(CNc2ncnc3ccc(C(c4ccc(Cl)cc4)c4ccc(Cl)cc4)cc23)c1. The van der Waals surface area contributed by atoms with Crippen molar-refractivity contribution in [3.8, 4) is 0 Å². The minimum absolute atomic E-state index is 0.116. The minimum atomic E-state index is -4.46. The maximum atomic E-state index is 13.1. The van der Waals surface area contributed by atoms with Gasteiger partial charge in [-0.2, -0.15) is 13.2 Å². The van der Waals surface area contributed by atoms with Crippen LogP contribution in [0.25, 0.3) is 10.9 Å². The maximum Gasteiger partial charge on any atom is 0.417 e. The molecule has 9 heteroatoms. The Balaban J connectivity index is 1.53. The zero-order valence-electron chi connectivity index (χ0n) is 19.2. The van der Waals surface area contributed by atoms with Gasteiger partial charge >= 0.3 is 6.18 Å². The first kappa shape index (κ1) is 25.0. The molecule has 37 heavy (non-hydrogen) atoms. The molecule has 0 bridgehead atoms. The third-order valence-electron chi connectivity index (χ3n) is 5.98. The summed E-state index contributed by atoms with van der Waals surface area (Å²) in [5, 5.41) is 5.17. The van der Waals surface area contributed by atoms with Gasteiger partial charge in [-0.25, -0.2) is 9.97 Å². The molecule has 2 heterocycles. The molecule has 2 aromatic heterocycles. The van der Waals surface area contributed by atoms with Crippen molar-refractivity contribution in [1.82, 2.24) is 15.0 Å². The van der Waals surface area contributed by atoms with E-state index < -0.39 is 11.7 Å². The average molecular weight is 539 g/mol. The summed E-state index contributed by atoms with van der Waals surface area (Å²) in [5.74, 6) is 0.384. The lowest BCUT2D eigenvalue weighted by molar-refractivity contribution is -0.137. The van der Waals surface area contributed by atoms with Gasteiger partial charge in [-0.15, -0.1) is 0 Å². The maximum absolute atomic E-state index is 13.1. The van der Waals surface area contributed by atoms with Crippen molar-refractivity contribution in [3.05, 3.63) is 129 Å². The summed E-state index contributed by atoms with van der Waals surface area (Å²) < 4.78 is 39.3. The Hall–Kier alpha value is -3.68. The predicted molar refractivity (Wildman–Crippen MR) is 140 cm³/mol. The Morgan fingerprint density at radius 2 is 1.38 bits per heavy atom. The molecule has 5 aromatic rings. The molecule has 0 fully saturated rings. The van der Waals surface area contributed by atoms with Gasteiger partial charge in [-0.3, -0.25) is 4.98 Å². The standard InChI is InChI=1S/C28H19Cl2F3N4/c29-22-6-1-18(2-7-22)26(19-3-8-23(30)9-4-19)20-5-10-25-24(12-20)27(37-16-36-25)35-14-17-11-21(15-34-13-17)28(31,32)33/h1-13,15-16,26H,14H2,(H,35,36,37).